The molecule has 1 aliphatic carbocycles. The molecule has 156 valence electrons. The zero-order valence-electron chi connectivity index (χ0n) is 17.9. The Morgan fingerprint density at radius 3 is 1.39 bits per heavy atom. The Morgan fingerprint density at radius 1 is 0.679 bits per heavy atom. The van der Waals surface area contributed by atoms with Gasteiger partial charge in [-0.05, 0) is 73.9 Å². The summed E-state index contributed by atoms with van der Waals surface area (Å²) in [5.74, 6) is 1.58. The molecule has 1 saturated carbocycles. The van der Waals surface area contributed by atoms with Crippen LogP contribution in [0.2, 0.25) is 10.0 Å². The minimum atomic E-state index is 0. The Labute approximate surface area is 194 Å². The van der Waals surface area contributed by atoms with Gasteiger partial charge in [0, 0.05) is 23.1 Å². The van der Waals surface area contributed by atoms with Crippen LogP contribution in [0.3, 0.4) is 0 Å². The Kier molecular flexibility index (Phi) is 12.5. The molecule has 0 radical (unpaired) electrons. The minimum Gasteiger partial charge on any atom is -1.00 e. The van der Waals surface area contributed by atoms with Crippen LogP contribution in [-0.4, -0.2) is 13.1 Å². The smallest absolute Gasteiger partial charge is 1.00 e. The zero-order valence-corrected chi connectivity index (χ0v) is 19.0. The first-order valence-corrected chi connectivity index (χ1v) is 10.4. The molecule has 2 aromatic rings. The molecule has 2 nitrogen and oxygen atoms in total. The van der Waals surface area contributed by atoms with Crippen molar-refractivity contribution in [3.63, 3.8) is 0 Å². The van der Waals surface area contributed by atoms with Crippen LogP contribution in [0.15, 0.2) is 48.5 Å². The fourth-order valence-corrected chi connectivity index (χ4v) is 4.15. The van der Waals surface area contributed by atoms with Gasteiger partial charge in [-0.15, -0.1) is 0 Å². The highest BCUT2D eigenvalue weighted by atomic mass is 35.5. The molecule has 1 aliphatic rings. The van der Waals surface area contributed by atoms with Crippen LogP contribution >= 0.6 is 23.2 Å². The molecule has 2 aromatic carbocycles. The third kappa shape index (κ3) is 8.10. The topological polar surface area (TPSA) is 24.1 Å². The lowest BCUT2D eigenvalue weighted by molar-refractivity contribution is -0.00100. The van der Waals surface area contributed by atoms with Crippen LogP contribution in [0.1, 0.15) is 39.7 Å². The van der Waals surface area contributed by atoms with E-state index in [1.54, 1.807) is 0 Å². The Morgan fingerprint density at radius 2 is 1.04 bits per heavy atom. The maximum atomic E-state index is 6.21. The highest BCUT2D eigenvalue weighted by Gasteiger charge is 2.20. The fraction of sp³-hybridized carbons (Fsp3) is 0.455. The van der Waals surface area contributed by atoms with Crippen LogP contribution in [0.25, 0.3) is 0 Å². The quantitative estimate of drug-likeness (QED) is 0.571. The number of hydrogen-bond donors (Lipinski definition) is 2. The lowest BCUT2D eigenvalue weighted by atomic mass is 9.82. The number of halogens is 4. The molecule has 0 aromatic heterocycles. The molecule has 0 atom stereocenters. The van der Waals surface area contributed by atoms with E-state index in [1.807, 2.05) is 36.4 Å². The van der Waals surface area contributed by atoms with E-state index in [9.17, 15) is 0 Å². The van der Waals surface area contributed by atoms with Crippen LogP contribution in [0.4, 0.5) is 0 Å². The summed E-state index contributed by atoms with van der Waals surface area (Å²) in [6.07, 6.45) is 5.25. The Bertz CT molecular complexity index is 639. The minimum absolute atomic E-state index is 0. The van der Waals surface area contributed by atoms with Crippen molar-refractivity contribution in [2.24, 2.45) is 11.8 Å². The molecule has 3 rings (SSSR count). The van der Waals surface area contributed by atoms with Gasteiger partial charge >= 0.3 is 2.85 Å². The van der Waals surface area contributed by atoms with E-state index in [1.165, 1.54) is 36.8 Å². The number of benzene rings is 2. The average molecular weight is 464 g/mol. The van der Waals surface area contributed by atoms with Gasteiger partial charge in [0.05, 0.1) is 0 Å². The second-order valence-corrected chi connectivity index (χ2v) is 8.15. The summed E-state index contributed by atoms with van der Waals surface area (Å²) in [6, 6.07) is 16.2. The third-order valence-electron chi connectivity index (χ3n) is 5.38. The van der Waals surface area contributed by atoms with Crippen molar-refractivity contribution < 1.29 is 27.7 Å². The largest absolute Gasteiger partial charge is 1.00 e. The molecule has 0 heterocycles. The van der Waals surface area contributed by atoms with Gasteiger partial charge in [-0.1, -0.05) is 59.6 Å². The van der Waals surface area contributed by atoms with Crippen molar-refractivity contribution >= 4 is 23.2 Å². The summed E-state index contributed by atoms with van der Waals surface area (Å²) in [4.78, 5) is 0. The van der Waals surface area contributed by atoms with E-state index in [4.69, 9.17) is 23.2 Å². The highest BCUT2D eigenvalue weighted by molar-refractivity contribution is 6.31. The molecule has 0 amide bonds. The van der Waals surface area contributed by atoms with Crippen LogP contribution in [-0.2, 0) is 13.1 Å². The Hall–Kier alpha value is -0.480. The van der Waals surface area contributed by atoms with Gasteiger partial charge in [0.15, 0.2) is 0 Å². The number of rotatable bonds is 8. The van der Waals surface area contributed by atoms with E-state index in [0.717, 1.165) is 48.1 Å². The summed E-state index contributed by atoms with van der Waals surface area (Å²) in [6.45, 7) is 3.90. The first-order valence-electron chi connectivity index (χ1n) is 9.60. The first-order chi connectivity index (χ1) is 12.7. The van der Waals surface area contributed by atoms with E-state index < -0.39 is 0 Å². The van der Waals surface area contributed by atoms with Gasteiger partial charge in [-0.3, -0.25) is 0 Å². The van der Waals surface area contributed by atoms with Crippen molar-refractivity contribution in [1.29, 1.82) is 0 Å². The maximum Gasteiger partial charge on any atom is 1.00 e. The molecular weight excluding hydrogens is 434 g/mol. The maximum absolute atomic E-state index is 6.21. The summed E-state index contributed by atoms with van der Waals surface area (Å²) < 4.78 is 0. The predicted molar refractivity (Wildman–Crippen MR) is 114 cm³/mol. The summed E-state index contributed by atoms with van der Waals surface area (Å²) in [5, 5.41) is 8.88. The van der Waals surface area contributed by atoms with Gasteiger partial charge in [0.2, 0.25) is 0 Å². The second-order valence-electron chi connectivity index (χ2n) is 7.33. The standard InChI is InChI=1S/C22H28Cl2N2.2ClH/c23-21-7-3-1-5-19(21)15-25-13-17-9-11-18(12-10-17)14-26-16-20-6-2-4-8-22(20)24;;/h1-8,17-18,25-26H,9-16H2;2*1H. The van der Waals surface area contributed by atoms with Crippen LogP contribution in [0.5, 0.6) is 0 Å². The van der Waals surface area contributed by atoms with E-state index >= 15 is 0 Å². The monoisotopic (exact) mass is 462 g/mol. The molecule has 6 heteroatoms. The van der Waals surface area contributed by atoms with E-state index in [2.05, 4.69) is 22.8 Å². The lowest BCUT2D eigenvalue weighted by Crippen LogP contribution is -3.00. The fourth-order valence-electron chi connectivity index (χ4n) is 3.75. The molecule has 0 aliphatic heterocycles. The van der Waals surface area contributed by atoms with Crippen LogP contribution in [0, 0.1) is 11.8 Å². The van der Waals surface area contributed by atoms with Crippen molar-refractivity contribution in [3.05, 3.63) is 69.7 Å². The predicted octanol–water partition coefficient (Wildman–Crippen LogP) is -0.0878. The summed E-state index contributed by atoms with van der Waals surface area (Å²) in [5.41, 5.74) is 2.37. The lowest BCUT2D eigenvalue weighted by Gasteiger charge is -2.29. The molecule has 2 N–H and O–H groups in total. The van der Waals surface area contributed by atoms with Gasteiger partial charge in [-0.2, -0.15) is 0 Å². The van der Waals surface area contributed by atoms with Crippen molar-refractivity contribution in [3.8, 4) is 0 Å². The van der Waals surface area contributed by atoms with Gasteiger partial charge < -0.3 is 35.4 Å². The van der Waals surface area contributed by atoms with Crippen molar-refractivity contribution in [1.82, 2.24) is 10.6 Å². The van der Waals surface area contributed by atoms with E-state index in [-0.39, 0.29) is 27.7 Å². The summed E-state index contributed by atoms with van der Waals surface area (Å²) >= 11 is 12.4. The molecule has 0 bridgehead atoms. The molecule has 0 unspecified atom stereocenters. The normalized spacial score (nSPS) is 18.8. The molecular formula is C22H30Cl4N2. The summed E-state index contributed by atoms with van der Waals surface area (Å²) in [7, 11) is 0. The third-order valence-corrected chi connectivity index (χ3v) is 6.12. The second kappa shape index (κ2) is 13.7. The number of hydrogen-bond acceptors (Lipinski definition) is 2. The number of nitrogens with one attached hydrogen (secondary N) is 2. The highest BCUT2D eigenvalue weighted by Crippen LogP contribution is 2.28. The molecule has 0 spiro atoms. The van der Waals surface area contributed by atoms with Gasteiger partial charge in [-0.25, -0.2) is 0 Å². The van der Waals surface area contributed by atoms with Crippen LogP contribution < -0.4 is 35.4 Å². The van der Waals surface area contributed by atoms with Crippen molar-refractivity contribution in [2.45, 2.75) is 38.8 Å². The van der Waals surface area contributed by atoms with Crippen molar-refractivity contribution in [2.75, 3.05) is 13.1 Å². The average Bonchev–Trinajstić information content (AvgIpc) is 2.66. The zero-order chi connectivity index (χ0) is 18.2. The first kappa shape index (κ1) is 25.6. The van der Waals surface area contributed by atoms with Gasteiger partial charge in [0.1, 0.15) is 0 Å². The molecule has 28 heavy (non-hydrogen) atoms. The van der Waals surface area contributed by atoms with Gasteiger partial charge in [0.25, 0.3) is 0 Å². The SMILES string of the molecule is Clc1ccccc1CNCC1CCC(CNCc2ccccc2Cl)CC1.[Cl-].[Cl-].[H+].[H+]. The van der Waals surface area contributed by atoms with E-state index in [0.29, 0.717) is 0 Å². The Balaban J connectivity index is 0. The molecule has 0 saturated heterocycles. The molecule has 1 fully saturated rings.